The zero-order chi connectivity index (χ0) is 13.0. The third-order valence-corrected chi connectivity index (χ3v) is 3.43. The highest BCUT2D eigenvalue weighted by Gasteiger charge is 2.23. The molecule has 0 bridgehead atoms. The largest absolute Gasteiger partial charge is 0.465 e. The molecule has 2 rings (SSSR count). The van der Waals surface area contributed by atoms with Gasteiger partial charge in [-0.1, -0.05) is 0 Å². The van der Waals surface area contributed by atoms with Crippen LogP contribution in [0, 0.1) is 0 Å². The monoisotopic (exact) mass is 270 g/mol. The first kappa shape index (κ1) is 13.0. The summed E-state index contributed by atoms with van der Waals surface area (Å²) >= 11 is 1.23. The molecule has 1 aliphatic rings. The minimum Gasteiger partial charge on any atom is -0.465 e. The number of carbonyl (C=O) groups is 2. The molecule has 2 N–H and O–H groups in total. The normalized spacial score (nSPS) is 19.3. The average Bonchev–Trinajstić information content (AvgIpc) is 2.87. The van der Waals surface area contributed by atoms with E-state index in [0.717, 1.165) is 0 Å². The Hall–Kier alpha value is -1.44. The molecule has 1 atom stereocenters. The van der Waals surface area contributed by atoms with Crippen molar-refractivity contribution >= 4 is 28.9 Å². The number of anilines is 1. The molecule has 6 nitrogen and oxygen atoms in total. The van der Waals surface area contributed by atoms with Crippen LogP contribution >= 0.6 is 11.3 Å². The molecule has 98 valence electrons. The van der Waals surface area contributed by atoms with Crippen LogP contribution in [0.4, 0.5) is 5.69 Å². The molecule has 0 spiro atoms. The second-order valence-corrected chi connectivity index (χ2v) is 4.64. The highest BCUT2D eigenvalue weighted by atomic mass is 32.1. The van der Waals surface area contributed by atoms with E-state index in [1.165, 1.54) is 18.4 Å². The third kappa shape index (κ3) is 2.87. The first-order chi connectivity index (χ1) is 8.72. The maximum Gasteiger partial charge on any atom is 0.350 e. The molecular weight excluding hydrogens is 256 g/mol. The Bertz CT molecular complexity index is 440. The SMILES string of the molecule is COC(=O)c1sccc1NC(=O)C1COCCN1. The maximum absolute atomic E-state index is 11.9. The van der Waals surface area contributed by atoms with Gasteiger partial charge in [-0.3, -0.25) is 4.79 Å². The number of amides is 1. The predicted molar refractivity (Wildman–Crippen MR) is 66.9 cm³/mol. The number of thiophene rings is 1. The number of hydrogen-bond donors (Lipinski definition) is 2. The fourth-order valence-electron chi connectivity index (χ4n) is 1.61. The van der Waals surface area contributed by atoms with Gasteiger partial charge in [0.25, 0.3) is 0 Å². The summed E-state index contributed by atoms with van der Waals surface area (Å²) in [4.78, 5) is 23.8. The molecule has 1 aromatic rings. The average molecular weight is 270 g/mol. The Morgan fingerprint density at radius 1 is 1.61 bits per heavy atom. The molecule has 18 heavy (non-hydrogen) atoms. The smallest absolute Gasteiger partial charge is 0.350 e. The molecule has 2 heterocycles. The Morgan fingerprint density at radius 2 is 2.44 bits per heavy atom. The first-order valence-corrected chi connectivity index (χ1v) is 6.38. The van der Waals surface area contributed by atoms with Crippen molar-refractivity contribution in [3.63, 3.8) is 0 Å². The second kappa shape index (κ2) is 5.94. The van der Waals surface area contributed by atoms with Crippen LogP contribution in [0.3, 0.4) is 0 Å². The molecule has 1 saturated heterocycles. The van der Waals surface area contributed by atoms with E-state index >= 15 is 0 Å². The summed E-state index contributed by atoms with van der Waals surface area (Å²) in [6.45, 7) is 1.59. The maximum atomic E-state index is 11.9. The van der Waals surface area contributed by atoms with Gasteiger partial charge in [0.1, 0.15) is 10.9 Å². The predicted octanol–water partition coefficient (Wildman–Crippen LogP) is 0.462. The highest BCUT2D eigenvalue weighted by Crippen LogP contribution is 2.23. The third-order valence-electron chi connectivity index (χ3n) is 2.53. The molecule has 0 aromatic carbocycles. The number of carbonyl (C=O) groups excluding carboxylic acids is 2. The zero-order valence-electron chi connectivity index (χ0n) is 9.89. The number of morpholine rings is 1. The van der Waals surface area contributed by atoms with Crippen LogP contribution in [-0.4, -0.2) is 44.8 Å². The van der Waals surface area contributed by atoms with Crippen molar-refractivity contribution in [1.82, 2.24) is 5.32 Å². The fraction of sp³-hybridized carbons (Fsp3) is 0.455. The minimum atomic E-state index is -0.451. The molecule has 7 heteroatoms. The number of esters is 1. The molecule has 0 radical (unpaired) electrons. The van der Waals surface area contributed by atoms with Gasteiger partial charge in [0.05, 0.1) is 26.0 Å². The van der Waals surface area contributed by atoms with Gasteiger partial charge < -0.3 is 20.1 Å². The van der Waals surface area contributed by atoms with Gasteiger partial charge >= 0.3 is 5.97 Å². The van der Waals surface area contributed by atoms with Gasteiger partial charge in [-0.25, -0.2) is 4.79 Å². The second-order valence-electron chi connectivity index (χ2n) is 3.73. The van der Waals surface area contributed by atoms with E-state index < -0.39 is 5.97 Å². The Balaban J connectivity index is 2.02. The number of methoxy groups -OCH3 is 1. The summed E-state index contributed by atoms with van der Waals surface area (Å²) in [6.07, 6.45) is 0. The molecule has 1 aromatic heterocycles. The van der Waals surface area contributed by atoms with Crippen molar-refractivity contribution in [2.24, 2.45) is 0 Å². The number of hydrogen-bond acceptors (Lipinski definition) is 6. The summed E-state index contributed by atoms with van der Waals surface area (Å²) in [5, 5.41) is 7.48. The van der Waals surface area contributed by atoms with Gasteiger partial charge in [-0.05, 0) is 11.4 Å². The van der Waals surface area contributed by atoms with Crippen molar-refractivity contribution in [2.45, 2.75) is 6.04 Å². The summed E-state index contributed by atoms with van der Waals surface area (Å²) in [7, 11) is 1.31. The van der Waals surface area contributed by atoms with E-state index in [9.17, 15) is 9.59 Å². The van der Waals surface area contributed by atoms with Crippen molar-refractivity contribution in [3.05, 3.63) is 16.3 Å². The van der Waals surface area contributed by atoms with Gasteiger partial charge in [0.2, 0.25) is 5.91 Å². The fourth-order valence-corrected chi connectivity index (χ4v) is 2.38. The Morgan fingerprint density at radius 3 is 3.11 bits per heavy atom. The Labute approximate surface area is 108 Å². The van der Waals surface area contributed by atoms with E-state index in [2.05, 4.69) is 15.4 Å². The van der Waals surface area contributed by atoms with Gasteiger partial charge in [-0.2, -0.15) is 0 Å². The number of ether oxygens (including phenoxy) is 2. The van der Waals surface area contributed by atoms with Crippen LogP contribution < -0.4 is 10.6 Å². The topological polar surface area (TPSA) is 76.7 Å². The summed E-state index contributed by atoms with van der Waals surface area (Å²) in [5.74, 6) is -0.661. The van der Waals surface area contributed by atoms with Crippen molar-refractivity contribution < 1.29 is 19.1 Å². The lowest BCUT2D eigenvalue weighted by molar-refractivity contribution is -0.120. The molecule has 1 aliphatic heterocycles. The Kier molecular flexibility index (Phi) is 4.29. The van der Waals surface area contributed by atoms with Crippen LogP contribution in [-0.2, 0) is 14.3 Å². The van der Waals surface area contributed by atoms with Crippen molar-refractivity contribution in [1.29, 1.82) is 0 Å². The standard InChI is InChI=1S/C11H14N2O4S/c1-16-11(15)9-7(2-5-18-9)13-10(14)8-6-17-4-3-12-8/h2,5,8,12H,3-4,6H2,1H3,(H,13,14). The highest BCUT2D eigenvalue weighted by molar-refractivity contribution is 7.12. The summed E-state index contributed by atoms with van der Waals surface area (Å²) in [6, 6.07) is 1.29. The lowest BCUT2D eigenvalue weighted by atomic mass is 10.2. The van der Waals surface area contributed by atoms with Gasteiger partial charge in [-0.15, -0.1) is 11.3 Å². The molecule has 1 fully saturated rings. The lowest BCUT2D eigenvalue weighted by Gasteiger charge is -2.22. The summed E-state index contributed by atoms with van der Waals surface area (Å²) in [5.41, 5.74) is 0.476. The van der Waals surface area contributed by atoms with E-state index in [1.54, 1.807) is 11.4 Å². The van der Waals surface area contributed by atoms with E-state index in [-0.39, 0.29) is 11.9 Å². The minimum absolute atomic E-state index is 0.210. The first-order valence-electron chi connectivity index (χ1n) is 5.50. The van der Waals surface area contributed by atoms with Crippen LogP contribution in [0.5, 0.6) is 0 Å². The molecule has 1 amide bonds. The quantitative estimate of drug-likeness (QED) is 0.780. The summed E-state index contributed by atoms with van der Waals surface area (Å²) < 4.78 is 9.85. The van der Waals surface area contributed by atoms with E-state index in [4.69, 9.17) is 4.74 Å². The molecule has 0 saturated carbocycles. The number of nitrogens with one attached hydrogen (secondary N) is 2. The van der Waals surface area contributed by atoms with Gasteiger partial charge in [0.15, 0.2) is 0 Å². The van der Waals surface area contributed by atoms with Crippen molar-refractivity contribution in [3.8, 4) is 0 Å². The number of rotatable bonds is 3. The van der Waals surface area contributed by atoms with Crippen LogP contribution in [0.15, 0.2) is 11.4 Å². The van der Waals surface area contributed by atoms with Crippen LogP contribution in [0.25, 0.3) is 0 Å². The van der Waals surface area contributed by atoms with Crippen LogP contribution in [0.2, 0.25) is 0 Å². The van der Waals surface area contributed by atoms with Crippen molar-refractivity contribution in [2.75, 3.05) is 32.2 Å². The van der Waals surface area contributed by atoms with E-state index in [1.807, 2.05) is 0 Å². The molecule has 0 aliphatic carbocycles. The lowest BCUT2D eigenvalue weighted by Crippen LogP contribution is -2.48. The van der Waals surface area contributed by atoms with Gasteiger partial charge in [0, 0.05) is 6.54 Å². The van der Waals surface area contributed by atoms with E-state index in [0.29, 0.717) is 30.3 Å². The molecule has 1 unspecified atom stereocenters. The zero-order valence-corrected chi connectivity index (χ0v) is 10.7. The molecular formula is C11H14N2O4S. The van der Waals surface area contributed by atoms with Crippen LogP contribution in [0.1, 0.15) is 9.67 Å².